The first-order chi connectivity index (χ1) is 10.0. The molecule has 1 heterocycles. The molecule has 7 nitrogen and oxygen atoms in total. The first-order valence-electron chi connectivity index (χ1n) is 6.83. The maximum absolute atomic E-state index is 11.7. The van der Waals surface area contributed by atoms with Crippen molar-refractivity contribution < 1.29 is 23.9 Å². The Morgan fingerprint density at radius 2 is 2.00 bits per heavy atom. The third-order valence-corrected chi connectivity index (χ3v) is 3.45. The van der Waals surface area contributed by atoms with Gasteiger partial charge >= 0.3 is 5.97 Å². The maximum Gasteiger partial charge on any atom is 0.307 e. The van der Waals surface area contributed by atoms with Gasteiger partial charge in [-0.25, -0.2) is 0 Å². The summed E-state index contributed by atoms with van der Waals surface area (Å²) in [6.07, 6.45) is 2.44. The number of nitrogens with one attached hydrogen (secondary N) is 2. The van der Waals surface area contributed by atoms with Gasteiger partial charge in [-0.2, -0.15) is 0 Å². The number of hydrogen-bond acceptors (Lipinski definition) is 4. The van der Waals surface area contributed by atoms with Crippen molar-refractivity contribution >= 4 is 17.8 Å². The smallest absolute Gasteiger partial charge is 0.307 e. The van der Waals surface area contributed by atoms with Crippen molar-refractivity contribution in [2.75, 3.05) is 13.1 Å². The van der Waals surface area contributed by atoms with Crippen LogP contribution in [0.5, 0.6) is 0 Å². The van der Waals surface area contributed by atoms with Gasteiger partial charge in [-0.15, -0.1) is 0 Å². The van der Waals surface area contributed by atoms with Crippen LogP contribution in [0.15, 0.2) is 16.7 Å². The van der Waals surface area contributed by atoms with Gasteiger partial charge in [0, 0.05) is 18.7 Å². The zero-order valence-electron chi connectivity index (χ0n) is 11.7. The van der Waals surface area contributed by atoms with Crippen LogP contribution in [0.25, 0.3) is 0 Å². The molecule has 0 saturated heterocycles. The van der Waals surface area contributed by atoms with Crippen LogP contribution in [0, 0.1) is 18.8 Å². The molecule has 0 radical (unpaired) electrons. The van der Waals surface area contributed by atoms with E-state index in [2.05, 4.69) is 10.6 Å². The monoisotopic (exact) mass is 294 g/mol. The summed E-state index contributed by atoms with van der Waals surface area (Å²) in [6, 6.07) is 1.71. The quantitative estimate of drug-likeness (QED) is 0.636. The molecule has 1 aromatic rings. The fourth-order valence-electron chi connectivity index (χ4n) is 2.08. The molecule has 2 unspecified atom stereocenters. The van der Waals surface area contributed by atoms with E-state index in [9.17, 15) is 14.4 Å². The Bertz CT molecular complexity index is 551. The average Bonchev–Trinajstić information content (AvgIpc) is 3.14. The van der Waals surface area contributed by atoms with Crippen molar-refractivity contribution in [2.45, 2.75) is 19.8 Å². The summed E-state index contributed by atoms with van der Waals surface area (Å²) in [5.41, 5.74) is 0.772. The molecule has 0 spiro atoms. The highest BCUT2D eigenvalue weighted by Gasteiger charge is 2.48. The van der Waals surface area contributed by atoms with Crippen molar-refractivity contribution in [3.05, 3.63) is 23.7 Å². The molecule has 0 aromatic carbocycles. The molecule has 2 rings (SSSR count). The minimum atomic E-state index is -0.920. The average molecular weight is 294 g/mol. The summed E-state index contributed by atoms with van der Waals surface area (Å²) in [5.74, 6) is -2.07. The van der Waals surface area contributed by atoms with E-state index in [1.807, 2.05) is 0 Å². The second-order valence-corrected chi connectivity index (χ2v) is 5.12. The van der Waals surface area contributed by atoms with E-state index in [0.717, 1.165) is 5.56 Å². The molecule has 1 fully saturated rings. The Morgan fingerprint density at radius 1 is 1.29 bits per heavy atom. The number of carbonyl (C=O) groups excluding carboxylic acids is 2. The lowest BCUT2D eigenvalue weighted by molar-refractivity contribution is -0.140. The zero-order chi connectivity index (χ0) is 15.4. The van der Waals surface area contributed by atoms with Crippen molar-refractivity contribution in [3.63, 3.8) is 0 Å². The van der Waals surface area contributed by atoms with Crippen LogP contribution >= 0.6 is 0 Å². The summed E-state index contributed by atoms with van der Waals surface area (Å²) >= 11 is 0. The van der Waals surface area contributed by atoms with Gasteiger partial charge < -0.3 is 20.2 Å². The van der Waals surface area contributed by atoms with Crippen molar-refractivity contribution in [3.8, 4) is 0 Å². The van der Waals surface area contributed by atoms with E-state index >= 15 is 0 Å². The number of amides is 2. The van der Waals surface area contributed by atoms with E-state index < -0.39 is 17.8 Å². The molecule has 0 aliphatic heterocycles. The molecular weight excluding hydrogens is 276 g/mol. The Kier molecular flexibility index (Phi) is 4.62. The van der Waals surface area contributed by atoms with Gasteiger partial charge in [-0.1, -0.05) is 0 Å². The first kappa shape index (κ1) is 15.1. The second-order valence-electron chi connectivity index (χ2n) is 5.12. The number of carboxylic acids is 1. The van der Waals surface area contributed by atoms with E-state index in [0.29, 0.717) is 31.7 Å². The van der Waals surface area contributed by atoms with E-state index in [1.165, 1.54) is 6.26 Å². The van der Waals surface area contributed by atoms with Crippen LogP contribution in [0.4, 0.5) is 0 Å². The summed E-state index contributed by atoms with van der Waals surface area (Å²) in [7, 11) is 0. The third kappa shape index (κ3) is 3.84. The predicted octanol–water partition coefficient (Wildman–Crippen LogP) is 0.545. The lowest BCUT2D eigenvalue weighted by Crippen LogP contribution is -2.31. The first-order valence-corrected chi connectivity index (χ1v) is 6.83. The fourth-order valence-corrected chi connectivity index (χ4v) is 2.08. The largest absolute Gasteiger partial charge is 0.481 e. The van der Waals surface area contributed by atoms with Gasteiger partial charge in [0.25, 0.3) is 5.91 Å². The minimum Gasteiger partial charge on any atom is -0.481 e. The van der Waals surface area contributed by atoms with Gasteiger partial charge in [-0.05, 0) is 25.8 Å². The number of carboxylic acid groups (broad SMARTS) is 1. The Hall–Kier alpha value is -2.31. The molecule has 1 aromatic heterocycles. The Balaban J connectivity index is 1.59. The number of rotatable bonds is 7. The molecule has 21 heavy (non-hydrogen) atoms. The van der Waals surface area contributed by atoms with Crippen LogP contribution in [0.1, 0.15) is 29.0 Å². The standard InChI is InChI=1S/C14H18N2O5/c1-8-3-6-21-11(8)13(18)16-5-2-4-15-12(17)9-7-10(9)14(19)20/h3,6,9-10H,2,4-5,7H2,1H3,(H,15,17)(H,16,18)(H,19,20). The Labute approximate surface area is 121 Å². The van der Waals surface area contributed by atoms with Crippen LogP contribution in [0.3, 0.4) is 0 Å². The highest BCUT2D eigenvalue weighted by Crippen LogP contribution is 2.38. The highest BCUT2D eigenvalue weighted by atomic mass is 16.4. The van der Waals surface area contributed by atoms with Crippen LogP contribution in [0.2, 0.25) is 0 Å². The van der Waals surface area contributed by atoms with Gasteiger partial charge in [0.15, 0.2) is 5.76 Å². The molecule has 2 atom stereocenters. The zero-order valence-corrected chi connectivity index (χ0v) is 11.7. The van der Waals surface area contributed by atoms with Crippen LogP contribution in [-0.2, 0) is 9.59 Å². The van der Waals surface area contributed by atoms with E-state index in [4.69, 9.17) is 9.52 Å². The molecule has 1 saturated carbocycles. The molecule has 7 heteroatoms. The van der Waals surface area contributed by atoms with Crippen molar-refractivity contribution in [2.24, 2.45) is 11.8 Å². The van der Waals surface area contributed by atoms with Gasteiger partial charge in [-0.3, -0.25) is 14.4 Å². The number of hydrogen-bond donors (Lipinski definition) is 3. The Morgan fingerprint density at radius 3 is 2.57 bits per heavy atom. The molecule has 114 valence electrons. The van der Waals surface area contributed by atoms with Crippen LogP contribution < -0.4 is 10.6 Å². The number of furan rings is 1. The summed E-state index contributed by atoms with van der Waals surface area (Å²) in [5, 5.41) is 14.1. The normalized spacial score (nSPS) is 19.9. The summed E-state index contributed by atoms with van der Waals surface area (Å²) in [6.45, 7) is 2.60. The highest BCUT2D eigenvalue weighted by molar-refractivity contribution is 5.92. The topological polar surface area (TPSA) is 109 Å². The predicted molar refractivity (Wildman–Crippen MR) is 72.6 cm³/mol. The van der Waals surface area contributed by atoms with E-state index in [-0.39, 0.29) is 11.8 Å². The molecule has 3 N–H and O–H groups in total. The van der Waals surface area contributed by atoms with E-state index in [1.54, 1.807) is 13.0 Å². The number of aryl methyl sites for hydroxylation is 1. The van der Waals surface area contributed by atoms with Gasteiger partial charge in [0.2, 0.25) is 5.91 Å². The maximum atomic E-state index is 11.7. The molecular formula is C14H18N2O5. The lowest BCUT2D eigenvalue weighted by atomic mass is 10.2. The second kappa shape index (κ2) is 6.43. The summed E-state index contributed by atoms with van der Waals surface area (Å²) in [4.78, 5) is 33.9. The lowest BCUT2D eigenvalue weighted by Gasteiger charge is -2.06. The minimum absolute atomic E-state index is 0.226. The number of carbonyl (C=O) groups is 3. The van der Waals surface area contributed by atoms with Crippen LogP contribution in [-0.4, -0.2) is 36.0 Å². The van der Waals surface area contributed by atoms with Gasteiger partial charge in [0.05, 0.1) is 18.1 Å². The molecule has 0 bridgehead atoms. The van der Waals surface area contributed by atoms with Gasteiger partial charge in [0.1, 0.15) is 0 Å². The van der Waals surface area contributed by atoms with Crippen molar-refractivity contribution in [1.82, 2.24) is 10.6 Å². The fraction of sp³-hybridized carbons (Fsp3) is 0.500. The SMILES string of the molecule is Cc1ccoc1C(=O)NCCCNC(=O)C1CC1C(=O)O. The molecule has 1 aliphatic rings. The summed E-state index contributed by atoms with van der Waals surface area (Å²) < 4.78 is 5.06. The molecule has 1 aliphatic carbocycles. The number of aliphatic carboxylic acids is 1. The molecule has 2 amide bonds. The third-order valence-electron chi connectivity index (χ3n) is 3.45. The van der Waals surface area contributed by atoms with Crippen molar-refractivity contribution in [1.29, 1.82) is 0 Å².